The number of nitrogens with one attached hydrogen (secondary N) is 1. The first-order valence-electron chi connectivity index (χ1n) is 7.21. The van der Waals surface area contributed by atoms with Crippen molar-refractivity contribution in [3.63, 3.8) is 0 Å². The van der Waals surface area contributed by atoms with Crippen molar-refractivity contribution in [3.05, 3.63) is 29.8 Å². The van der Waals surface area contributed by atoms with Gasteiger partial charge in [0.05, 0.1) is 13.2 Å². The Morgan fingerprint density at radius 1 is 1.30 bits per heavy atom. The Kier molecular flexibility index (Phi) is 4.18. The number of para-hydroxylation sites is 1. The fraction of sp³-hybridized carbons (Fsp3) is 0.533. The molecule has 20 heavy (non-hydrogen) atoms. The third-order valence-electron chi connectivity index (χ3n) is 3.82. The second kappa shape index (κ2) is 6.24. The Hall–Kier alpha value is -1.59. The largest absolute Gasteiger partial charge is 0.415 e. The fourth-order valence-corrected chi connectivity index (χ4v) is 2.72. The Morgan fingerprint density at radius 3 is 2.85 bits per heavy atom. The summed E-state index contributed by atoms with van der Waals surface area (Å²) in [6, 6.07) is 8.09. The maximum absolute atomic E-state index is 12.2. The monoisotopic (exact) mass is 276 g/mol. The van der Waals surface area contributed by atoms with E-state index in [0.717, 1.165) is 24.9 Å². The minimum atomic E-state index is -0.279. The van der Waals surface area contributed by atoms with Crippen molar-refractivity contribution >= 4 is 6.09 Å². The number of nitrogens with zero attached hydrogens (tertiary/aromatic N) is 1. The van der Waals surface area contributed by atoms with Gasteiger partial charge in [-0.3, -0.25) is 0 Å². The highest BCUT2D eigenvalue weighted by Gasteiger charge is 2.23. The van der Waals surface area contributed by atoms with E-state index in [0.29, 0.717) is 38.1 Å². The second-order valence-corrected chi connectivity index (χ2v) is 5.15. The molecular weight excluding hydrogens is 256 g/mol. The Balaban J connectivity index is 1.71. The van der Waals surface area contributed by atoms with Gasteiger partial charge in [-0.1, -0.05) is 18.2 Å². The summed E-state index contributed by atoms with van der Waals surface area (Å²) in [7, 11) is 0. The number of hydrogen-bond acceptors (Lipinski definition) is 4. The summed E-state index contributed by atoms with van der Waals surface area (Å²) in [4.78, 5) is 13.9. The Morgan fingerprint density at radius 2 is 2.10 bits per heavy atom. The van der Waals surface area contributed by atoms with Gasteiger partial charge in [-0.15, -0.1) is 0 Å². The number of ether oxygens (including phenoxy) is 2. The zero-order valence-corrected chi connectivity index (χ0v) is 11.5. The maximum atomic E-state index is 12.2. The average molecular weight is 276 g/mol. The van der Waals surface area contributed by atoms with Gasteiger partial charge in [-0.25, -0.2) is 4.79 Å². The lowest BCUT2D eigenvalue weighted by Gasteiger charge is -2.26. The van der Waals surface area contributed by atoms with E-state index in [4.69, 9.17) is 9.47 Å². The molecule has 1 atom stereocenters. The van der Waals surface area contributed by atoms with Crippen LogP contribution in [0.25, 0.3) is 0 Å². The van der Waals surface area contributed by atoms with Crippen LogP contribution in [0.5, 0.6) is 5.75 Å². The molecule has 2 saturated heterocycles. The van der Waals surface area contributed by atoms with Gasteiger partial charge < -0.3 is 19.7 Å². The van der Waals surface area contributed by atoms with Crippen LogP contribution in [-0.2, 0) is 4.74 Å². The van der Waals surface area contributed by atoms with Gasteiger partial charge in [-0.05, 0) is 25.5 Å². The first-order chi connectivity index (χ1) is 9.84. The topological polar surface area (TPSA) is 50.8 Å². The summed E-state index contributed by atoms with van der Waals surface area (Å²) >= 11 is 0. The predicted octanol–water partition coefficient (Wildman–Crippen LogP) is 1.94. The van der Waals surface area contributed by atoms with Gasteiger partial charge in [0.1, 0.15) is 5.75 Å². The van der Waals surface area contributed by atoms with Gasteiger partial charge in [-0.2, -0.15) is 0 Å². The van der Waals surface area contributed by atoms with Crippen LogP contribution in [0.1, 0.15) is 24.4 Å². The number of carbonyl (C=O) groups excluding carboxylic acids is 1. The Bertz CT molecular complexity index is 466. The number of carbonyl (C=O) groups is 1. The van der Waals surface area contributed by atoms with E-state index in [1.807, 2.05) is 24.3 Å². The standard InChI is InChI=1S/C15H20N2O3/c18-15(17-8-10-19-11-9-17)20-14-6-2-1-4-12(14)13-5-3-7-16-13/h1-2,4,6,13,16H,3,5,7-11H2/t13-/m0/s1. The molecule has 5 heteroatoms. The molecule has 0 aliphatic carbocycles. The number of morpholine rings is 1. The summed E-state index contributed by atoms with van der Waals surface area (Å²) in [6.07, 6.45) is 1.97. The average Bonchev–Trinajstić information content (AvgIpc) is 3.03. The molecule has 2 fully saturated rings. The first-order valence-corrected chi connectivity index (χ1v) is 7.21. The van der Waals surface area contributed by atoms with E-state index in [1.54, 1.807) is 4.90 Å². The van der Waals surface area contributed by atoms with Crippen molar-refractivity contribution in [3.8, 4) is 5.75 Å². The van der Waals surface area contributed by atoms with Crippen molar-refractivity contribution in [1.82, 2.24) is 10.2 Å². The minimum Gasteiger partial charge on any atom is -0.410 e. The van der Waals surface area contributed by atoms with Crippen LogP contribution in [0.15, 0.2) is 24.3 Å². The normalized spacial score (nSPS) is 22.8. The van der Waals surface area contributed by atoms with Crippen LogP contribution in [0, 0.1) is 0 Å². The lowest BCUT2D eigenvalue weighted by molar-refractivity contribution is 0.0414. The van der Waals surface area contributed by atoms with E-state index in [9.17, 15) is 4.79 Å². The zero-order chi connectivity index (χ0) is 13.8. The molecule has 2 aliphatic rings. The summed E-state index contributed by atoms with van der Waals surface area (Å²) in [5.41, 5.74) is 1.08. The number of rotatable bonds is 2. The van der Waals surface area contributed by atoms with E-state index >= 15 is 0 Å². The molecule has 0 aromatic heterocycles. The molecule has 0 saturated carbocycles. The fourth-order valence-electron chi connectivity index (χ4n) is 2.72. The van der Waals surface area contributed by atoms with Crippen molar-refractivity contribution in [2.75, 3.05) is 32.8 Å². The number of hydrogen-bond donors (Lipinski definition) is 1. The van der Waals surface area contributed by atoms with Crippen molar-refractivity contribution in [2.24, 2.45) is 0 Å². The highest BCUT2D eigenvalue weighted by atomic mass is 16.6. The summed E-state index contributed by atoms with van der Waals surface area (Å²) in [6.45, 7) is 3.39. The molecule has 2 aliphatic heterocycles. The van der Waals surface area contributed by atoms with Crippen LogP contribution in [0.3, 0.4) is 0 Å². The van der Waals surface area contributed by atoms with E-state index in [2.05, 4.69) is 5.32 Å². The van der Waals surface area contributed by atoms with E-state index < -0.39 is 0 Å². The number of benzene rings is 1. The molecule has 1 N–H and O–H groups in total. The molecule has 108 valence electrons. The van der Waals surface area contributed by atoms with E-state index in [-0.39, 0.29) is 6.09 Å². The number of amides is 1. The summed E-state index contributed by atoms with van der Waals surface area (Å²) < 4.78 is 10.8. The first kappa shape index (κ1) is 13.4. The highest BCUT2D eigenvalue weighted by Crippen LogP contribution is 2.30. The summed E-state index contributed by atoms with van der Waals surface area (Å²) in [5, 5.41) is 3.44. The SMILES string of the molecule is O=C(Oc1ccccc1[C@@H]1CCCN1)N1CCOCC1. The summed E-state index contributed by atoms with van der Waals surface area (Å²) in [5.74, 6) is 0.670. The molecule has 3 rings (SSSR count). The molecule has 0 spiro atoms. The molecule has 5 nitrogen and oxygen atoms in total. The van der Waals surface area contributed by atoms with Crippen LogP contribution in [-0.4, -0.2) is 43.8 Å². The molecule has 0 radical (unpaired) electrons. The molecule has 1 aromatic carbocycles. The maximum Gasteiger partial charge on any atom is 0.415 e. The lowest BCUT2D eigenvalue weighted by atomic mass is 10.0. The minimum absolute atomic E-state index is 0.279. The molecule has 1 aromatic rings. The quantitative estimate of drug-likeness (QED) is 0.897. The van der Waals surface area contributed by atoms with Crippen molar-refractivity contribution < 1.29 is 14.3 Å². The lowest BCUT2D eigenvalue weighted by Crippen LogP contribution is -2.42. The molecule has 2 heterocycles. The van der Waals surface area contributed by atoms with Crippen LogP contribution in [0.2, 0.25) is 0 Å². The zero-order valence-electron chi connectivity index (χ0n) is 11.5. The molecule has 1 amide bonds. The van der Waals surface area contributed by atoms with Crippen LogP contribution >= 0.6 is 0 Å². The van der Waals surface area contributed by atoms with Gasteiger partial charge in [0, 0.05) is 24.7 Å². The van der Waals surface area contributed by atoms with Crippen molar-refractivity contribution in [1.29, 1.82) is 0 Å². The van der Waals surface area contributed by atoms with Crippen molar-refractivity contribution in [2.45, 2.75) is 18.9 Å². The molecule has 0 unspecified atom stereocenters. The smallest absolute Gasteiger partial charge is 0.410 e. The Labute approximate surface area is 118 Å². The van der Waals surface area contributed by atoms with Gasteiger partial charge in [0.15, 0.2) is 0 Å². The third kappa shape index (κ3) is 2.94. The van der Waals surface area contributed by atoms with Gasteiger partial charge >= 0.3 is 6.09 Å². The second-order valence-electron chi connectivity index (χ2n) is 5.15. The van der Waals surface area contributed by atoms with Gasteiger partial charge in [0.2, 0.25) is 0 Å². The molecular formula is C15H20N2O3. The predicted molar refractivity (Wildman–Crippen MR) is 74.8 cm³/mol. The van der Waals surface area contributed by atoms with Crippen LogP contribution < -0.4 is 10.1 Å². The third-order valence-corrected chi connectivity index (χ3v) is 3.82. The van der Waals surface area contributed by atoms with Crippen LogP contribution in [0.4, 0.5) is 4.79 Å². The van der Waals surface area contributed by atoms with E-state index in [1.165, 1.54) is 0 Å². The molecule has 0 bridgehead atoms. The highest BCUT2D eigenvalue weighted by molar-refractivity contribution is 5.71. The van der Waals surface area contributed by atoms with Gasteiger partial charge in [0.25, 0.3) is 0 Å².